The van der Waals surface area contributed by atoms with Gasteiger partial charge in [0.25, 0.3) is 0 Å². The fourth-order valence-corrected chi connectivity index (χ4v) is 3.13. The molecule has 6 heteroatoms. The predicted octanol–water partition coefficient (Wildman–Crippen LogP) is 5.36. The first-order valence-corrected chi connectivity index (χ1v) is 9.68. The van der Waals surface area contributed by atoms with E-state index in [1.165, 1.54) is 6.08 Å². The van der Waals surface area contributed by atoms with Crippen LogP contribution in [-0.4, -0.2) is 18.1 Å². The average Bonchev–Trinajstić information content (AvgIpc) is 3.48. The molecule has 1 amide bonds. The molecule has 0 bridgehead atoms. The van der Waals surface area contributed by atoms with Gasteiger partial charge >= 0.3 is 0 Å². The van der Waals surface area contributed by atoms with Crippen molar-refractivity contribution in [1.29, 1.82) is 0 Å². The zero-order chi connectivity index (χ0) is 21.6. The molecule has 2 aromatic heterocycles. The molecule has 0 spiro atoms. The highest BCUT2D eigenvalue weighted by Crippen LogP contribution is 2.34. The van der Waals surface area contributed by atoms with Gasteiger partial charge in [-0.1, -0.05) is 30.3 Å². The standard InChI is InChI=1S/C25H21NO5/c1-29-23-11-7-18(15-21(23)24-13-9-20(16-27)31-24)26-25(28)14-10-19-8-12-22(30-19)17-5-3-2-4-6-17/h2-15,27H,16H2,1H3,(H,26,28)/b14-10+. The van der Waals surface area contributed by atoms with Gasteiger partial charge in [-0.25, -0.2) is 0 Å². The molecular formula is C25H21NO5. The summed E-state index contributed by atoms with van der Waals surface area (Å²) in [5, 5.41) is 12.0. The van der Waals surface area contributed by atoms with Gasteiger partial charge in [0, 0.05) is 17.3 Å². The maximum Gasteiger partial charge on any atom is 0.248 e. The van der Waals surface area contributed by atoms with Crippen LogP contribution in [0.3, 0.4) is 0 Å². The van der Waals surface area contributed by atoms with Crippen molar-refractivity contribution < 1.29 is 23.5 Å². The van der Waals surface area contributed by atoms with Crippen molar-refractivity contribution in [1.82, 2.24) is 0 Å². The number of hydrogen-bond donors (Lipinski definition) is 2. The first-order valence-electron chi connectivity index (χ1n) is 9.68. The summed E-state index contributed by atoms with van der Waals surface area (Å²) in [5.74, 6) is 2.60. The van der Waals surface area contributed by atoms with Crippen molar-refractivity contribution in [2.45, 2.75) is 6.61 Å². The molecule has 0 saturated heterocycles. The van der Waals surface area contributed by atoms with E-state index >= 15 is 0 Å². The minimum Gasteiger partial charge on any atom is -0.496 e. The van der Waals surface area contributed by atoms with Crippen LogP contribution in [0.15, 0.2) is 87.7 Å². The van der Waals surface area contributed by atoms with Gasteiger partial charge in [-0.3, -0.25) is 4.79 Å². The molecule has 0 aliphatic rings. The quantitative estimate of drug-likeness (QED) is 0.397. The number of hydrogen-bond acceptors (Lipinski definition) is 5. The molecular weight excluding hydrogens is 394 g/mol. The Kier molecular flexibility index (Phi) is 6.01. The van der Waals surface area contributed by atoms with Gasteiger partial charge in [-0.15, -0.1) is 0 Å². The van der Waals surface area contributed by atoms with Gasteiger partial charge in [0.05, 0.1) is 12.7 Å². The zero-order valence-corrected chi connectivity index (χ0v) is 16.9. The zero-order valence-electron chi connectivity index (χ0n) is 16.9. The maximum absolute atomic E-state index is 12.4. The van der Waals surface area contributed by atoms with E-state index in [2.05, 4.69) is 5.32 Å². The van der Waals surface area contributed by atoms with Crippen LogP contribution < -0.4 is 10.1 Å². The fraction of sp³-hybridized carbons (Fsp3) is 0.0800. The highest BCUT2D eigenvalue weighted by Gasteiger charge is 2.12. The molecule has 0 atom stereocenters. The summed E-state index contributed by atoms with van der Waals surface area (Å²) in [6, 6.07) is 22.1. The largest absolute Gasteiger partial charge is 0.496 e. The summed E-state index contributed by atoms with van der Waals surface area (Å²) >= 11 is 0. The van der Waals surface area contributed by atoms with Crippen LogP contribution in [0.5, 0.6) is 5.75 Å². The van der Waals surface area contributed by atoms with Gasteiger partial charge in [0.1, 0.15) is 35.4 Å². The Hall–Kier alpha value is -4.03. The topological polar surface area (TPSA) is 84.8 Å². The normalized spacial score (nSPS) is 11.0. The van der Waals surface area contributed by atoms with E-state index < -0.39 is 0 Å². The third-order valence-electron chi connectivity index (χ3n) is 4.63. The van der Waals surface area contributed by atoms with Crippen LogP contribution >= 0.6 is 0 Å². The molecule has 0 unspecified atom stereocenters. The van der Waals surface area contributed by atoms with Crippen molar-refractivity contribution in [3.8, 4) is 28.4 Å². The third kappa shape index (κ3) is 4.76. The van der Waals surface area contributed by atoms with Crippen molar-refractivity contribution >= 4 is 17.7 Å². The molecule has 156 valence electrons. The van der Waals surface area contributed by atoms with Crippen LogP contribution in [0.4, 0.5) is 5.69 Å². The lowest BCUT2D eigenvalue weighted by molar-refractivity contribution is -0.111. The number of nitrogens with one attached hydrogen (secondary N) is 1. The lowest BCUT2D eigenvalue weighted by atomic mass is 10.1. The van der Waals surface area contributed by atoms with E-state index in [1.807, 2.05) is 42.5 Å². The second kappa shape index (κ2) is 9.19. The molecule has 4 rings (SSSR count). The van der Waals surface area contributed by atoms with Crippen molar-refractivity contribution in [2.24, 2.45) is 0 Å². The Labute approximate surface area is 179 Å². The first kappa shape index (κ1) is 20.3. The molecule has 2 heterocycles. The molecule has 6 nitrogen and oxygen atoms in total. The number of methoxy groups -OCH3 is 1. The van der Waals surface area contributed by atoms with E-state index in [9.17, 15) is 9.90 Å². The van der Waals surface area contributed by atoms with Gasteiger partial charge in [-0.05, 0) is 48.5 Å². The van der Waals surface area contributed by atoms with Gasteiger partial charge in [0.2, 0.25) is 5.91 Å². The van der Waals surface area contributed by atoms with Crippen LogP contribution in [0, 0.1) is 0 Å². The maximum atomic E-state index is 12.4. The number of carbonyl (C=O) groups excluding carboxylic acids is 1. The lowest BCUT2D eigenvalue weighted by Gasteiger charge is -2.09. The molecule has 0 aliphatic carbocycles. The molecule has 0 radical (unpaired) electrons. The summed E-state index contributed by atoms with van der Waals surface area (Å²) in [4.78, 5) is 12.4. The lowest BCUT2D eigenvalue weighted by Crippen LogP contribution is -2.07. The Morgan fingerprint density at radius 2 is 1.81 bits per heavy atom. The van der Waals surface area contributed by atoms with Crippen LogP contribution in [-0.2, 0) is 11.4 Å². The van der Waals surface area contributed by atoms with Crippen LogP contribution in [0.25, 0.3) is 28.7 Å². The number of amides is 1. The first-order chi connectivity index (χ1) is 15.2. The number of aliphatic hydroxyl groups excluding tert-OH is 1. The Balaban J connectivity index is 1.47. The third-order valence-corrected chi connectivity index (χ3v) is 4.63. The van der Waals surface area contributed by atoms with Crippen molar-refractivity contribution in [3.05, 3.63) is 90.4 Å². The van der Waals surface area contributed by atoms with E-state index in [0.29, 0.717) is 34.3 Å². The van der Waals surface area contributed by atoms with E-state index in [1.54, 1.807) is 43.5 Å². The van der Waals surface area contributed by atoms with E-state index in [-0.39, 0.29) is 12.5 Å². The number of benzene rings is 2. The van der Waals surface area contributed by atoms with E-state index in [4.69, 9.17) is 13.6 Å². The smallest absolute Gasteiger partial charge is 0.248 e. The second-order valence-corrected chi connectivity index (χ2v) is 6.73. The number of carbonyl (C=O) groups is 1. The SMILES string of the molecule is COc1ccc(NC(=O)/C=C/c2ccc(-c3ccccc3)o2)cc1-c1ccc(CO)o1. The molecule has 0 aliphatic heterocycles. The van der Waals surface area contributed by atoms with Crippen molar-refractivity contribution in [3.63, 3.8) is 0 Å². The van der Waals surface area contributed by atoms with E-state index in [0.717, 1.165) is 11.3 Å². The number of rotatable bonds is 7. The van der Waals surface area contributed by atoms with Crippen molar-refractivity contribution in [2.75, 3.05) is 12.4 Å². The average molecular weight is 415 g/mol. The number of aliphatic hydroxyl groups is 1. The van der Waals surface area contributed by atoms with Gasteiger partial charge in [0.15, 0.2) is 0 Å². The van der Waals surface area contributed by atoms with Gasteiger partial charge in [-0.2, -0.15) is 0 Å². The Bertz CT molecular complexity index is 1200. The number of ether oxygens (including phenoxy) is 1. The second-order valence-electron chi connectivity index (χ2n) is 6.73. The highest BCUT2D eigenvalue weighted by atomic mass is 16.5. The summed E-state index contributed by atoms with van der Waals surface area (Å²) in [6.45, 7) is -0.192. The Morgan fingerprint density at radius 3 is 2.55 bits per heavy atom. The predicted molar refractivity (Wildman–Crippen MR) is 118 cm³/mol. The molecule has 4 aromatic rings. The molecule has 0 saturated carbocycles. The molecule has 31 heavy (non-hydrogen) atoms. The fourth-order valence-electron chi connectivity index (χ4n) is 3.13. The minimum atomic E-state index is -0.302. The number of furan rings is 2. The minimum absolute atomic E-state index is 0.192. The summed E-state index contributed by atoms with van der Waals surface area (Å²) in [6.07, 6.45) is 3.03. The van der Waals surface area contributed by atoms with Gasteiger partial charge < -0.3 is 24.0 Å². The molecule has 0 fully saturated rings. The molecule has 2 aromatic carbocycles. The monoisotopic (exact) mass is 415 g/mol. The number of anilines is 1. The summed E-state index contributed by atoms with van der Waals surface area (Å²) in [5.41, 5.74) is 2.22. The van der Waals surface area contributed by atoms with Crippen LogP contribution in [0.1, 0.15) is 11.5 Å². The summed E-state index contributed by atoms with van der Waals surface area (Å²) in [7, 11) is 1.56. The molecule has 2 N–H and O–H groups in total. The van der Waals surface area contributed by atoms with Crippen LogP contribution in [0.2, 0.25) is 0 Å². The summed E-state index contributed by atoms with van der Waals surface area (Å²) < 4.78 is 16.8. The highest BCUT2D eigenvalue weighted by molar-refractivity contribution is 6.02. The Morgan fingerprint density at radius 1 is 1.00 bits per heavy atom.